The Morgan fingerprint density at radius 1 is 1.20 bits per heavy atom. The van der Waals surface area contributed by atoms with E-state index in [0.717, 1.165) is 6.54 Å². The van der Waals surface area contributed by atoms with Gasteiger partial charge in [-0.2, -0.15) is 0 Å². The fourth-order valence-electron chi connectivity index (χ4n) is 4.66. The first-order valence-corrected chi connectivity index (χ1v) is 13.7. The number of aryl methyl sites for hydroxylation is 1. The van der Waals surface area contributed by atoms with E-state index in [1.54, 1.807) is 13.0 Å². The molecule has 2 aromatic rings. The van der Waals surface area contributed by atoms with Crippen LogP contribution in [0.2, 0.25) is 0 Å². The van der Waals surface area contributed by atoms with E-state index in [1.807, 2.05) is 48.5 Å². The number of benzene rings is 1. The van der Waals surface area contributed by atoms with Crippen LogP contribution in [-0.2, 0) is 9.53 Å². The zero-order valence-electron chi connectivity index (χ0n) is 24.8. The third-order valence-corrected chi connectivity index (χ3v) is 6.88. The zero-order chi connectivity index (χ0) is 29.8. The Morgan fingerprint density at radius 3 is 2.52 bits per heavy atom. The van der Waals surface area contributed by atoms with Gasteiger partial charge in [0.15, 0.2) is 0 Å². The summed E-state index contributed by atoms with van der Waals surface area (Å²) >= 11 is 0. The largest absolute Gasteiger partial charge is 0.444 e. The summed E-state index contributed by atoms with van der Waals surface area (Å²) in [5, 5.41) is 8.71. The van der Waals surface area contributed by atoms with E-state index >= 15 is 0 Å². The van der Waals surface area contributed by atoms with E-state index in [1.165, 1.54) is 18.2 Å². The van der Waals surface area contributed by atoms with Gasteiger partial charge in [0.2, 0.25) is 0 Å². The Labute approximate surface area is 235 Å². The second kappa shape index (κ2) is 12.7. The van der Waals surface area contributed by atoms with Gasteiger partial charge in [-0.15, -0.1) is 0 Å². The predicted octanol–water partition coefficient (Wildman–Crippen LogP) is 4.86. The number of rotatable bonds is 10. The molecule has 10 heteroatoms. The van der Waals surface area contributed by atoms with Crippen molar-refractivity contribution in [1.29, 1.82) is 0 Å². The number of carbonyl (C=O) groups excluding carboxylic acids is 3. The van der Waals surface area contributed by atoms with Crippen LogP contribution in [0.1, 0.15) is 74.4 Å². The van der Waals surface area contributed by atoms with Crippen LogP contribution in [0.25, 0.3) is 11.6 Å². The number of fused-ring (bicyclic) bond motifs is 1. The average molecular weight is 556 g/mol. The van der Waals surface area contributed by atoms with Crippen LogP contribution in [0.5, 0.6) is 0 Å². The summed E-state index contributed by atoms with van der Waals surface area (Å²) in [7, 11) is 0. The topological polar surface area (TPSA) is 116 Å². The van der Waals surface area contributed by atoms with Crippen molar-refractivity contribution in [3.8, 4) is 0 Å². The molecule has 0 saturated heterocycles. The Morgan fingerprint density at radius 2 is 1.90 bits per heavy atom. The first-order chi connectivity index (χ1) is 18.7. The second-order valence-electron chi connectivity index (χ2n) is 11.5. The van der Waals surface area contributed by atoms with Gasteiger partial charge in [0.05, 0.1) is 11.1 Å². The number of carbonyl (C=O) groups is 3. The molecular weight excluding hydrogens is 513 g/mol. The lowest BCUT2D eigenvalue weighted by molar-refractivity contribution is -0.110. The smallest absolute Gasteiger partial charge is 0.407 e. The molecule has 0 saturated carbocycles. The highest BCUT2D eigenvalue weighted by atomic mass is 19.1. The maximum absolute atomic E-state index is 13.8. The molecule has 218 valence electrons. The Hall–Kier alpha value is -3.66. The molecule has 0 radical (unpaired) electrons. The number of H-pyrrole nitrogens is 1. The Bertz CT molecular complexity index is 1290. The van der Waals surface area contributed by atoms with Crippen LogP contribution in [0.15, 0.2) is 18.2 Å². The van der Waals surface area contributed by atoms with Gasteiger partial charge in [-0.1, -0.05) is 20.8 Å². The number of ether oxygens (including phenoxy) is 1. The van der Waals surface area contributed by atoms with Crippen molar-refractivity contribution in [3.05, 3.63) is 52.1 Å². The number of aromatic amines is 1. The molecule has 0 bridgehead atoms. The van der Waals surface area contributed by atoms with Crippen molar-refractivity contribution in [2.24, 2.45) is 5.92 Å². The molecule has 1 aromatic heterocycles. The third-order valence-electron chi connectivity index (χ3n) is 6.88. The van der Waals surface area contributed by atoms with Gasteiger partial charge in [-0.3, -0.25) is 14.5 Å². The van der Waals surface area contributed by atoms with Crippen molar-refractivity contribution >= 4 is 35.2 Å². The second-order valence-corrected chi connectivity index (χ2v) is 11.5. The van der Waals surface area contributed by atoms with Crippen molar-refractivity contribution in [2.75, 3.05) is 31.5 Å². The minimum Gasteiger partial charge on any atom is -0.444 e. The number of amides is 3. The number of alkyl carbamates (subject to hydrolysis) is 1. The highest BCUT2D eigenvalue weighted by molar-refractivity contribution is 6.34. The molecule has 2 heterocycles. The number of hydrogen-bond donors (Lipinski definition) is 4. The lowest BCUT2D eigenvalue weighted by Gasteiger charge is -2.30. The lowest BCUT2D eigenvalue weighted by atomic mass is 10.0. The number of anilines is 1. The summed E-state index contributed by atoms with van der Waals surface area (Å²) in [6.45, 7) is 17.6. The first kappa shape index (κ1) is 30.9. The molecule has 3 amide bonds. The number of nitrogens with zero attached hydrogens (tertiary/aromatic N) is 1. The molecule has 40 heavy (non-hydrogen) atoms. The summed E-state index contributed by atoms with van der Waals surface area (Å²) in [6, 6.07) is 4.05. The summed E-state index contributed by atoms with van der Waals surface area (Å²) < 4.78 is 19.2. The van der Waals surface area contributed by atoms with Crippen LogP contribution in [0.3, 0.4) is 0 Å². The molecule has 1 aliphatic heterocycles. The van der Waals surface area contributed by atoms with Gasteiger partial charge in [0.1, 0.15) is 11.4 Å². The van der Waals surface area contributed by atoms with E-state index in [2.05, 4.69) is 25.8 Å². The number of aromatic nitrogens is 1. The third kappa shape index (κ3) is 7.71. The number of likely N-dealkylation sites (N-methyl/N-ethyl adjacent to an activating group) is 1. The van der Waals surface area contributed by atoms with Gasteiger partial charge in [-0.05, 0) is 76.9 Å². The van der Waals surface area contributed by atoms with Gasteiger partial charge >= 0.3 is 6.09 Å². The van der Waals surface area contributed by atoms with Gasteiger partial charge in [0, 0.05) is 48.3 Å². The van der Waals surface area contributed by atoms with Crippen LogP contribution in [0, 0.1) is 25.6 Å². The molecule has 1 aromatic carbocycles. The number of hydrogen-bond acceptors (Lipinski definition) is 5. The van der Waals surface area contributed by atoms with Gasteiger partial charge < -0.3 is 25.7 Å². The number of nitrogens with one attached hydrogen (secondary N) is 4. The lowest BCUT2D eigenvalue weighted by Crippen LogP contribution is -2.49. The van der Waals surface area contributed by atoms with Crippen molar-refractivity contribution in [2.45, 2.75) is 67.0 Å². The molecule has 9 nitrogen and oxygen atoms in total. The zero-order valence-corrected chi connectivity index (χ0v) is 24.8. The molecule has 0 fully saturated rings. The standard InChI is InChI=1S/C30H42FN5O4/c1-9-36(16-25(17(2)3)35-29(39)40-30(6,7)8)13-12-32-28(38)26-18(4)24(33-19(26)5)15-22-21-14-20(31)10-11-23(21)34-27(22)37/h10-11,14-15,17,25,33H,9,12-13,16H2,1-8H3,(H,32,38)(H,34,37)(H,35,39)/b22-15-. The average Bonchev–Trinajstić information content (AvgIpc) is 3.30. The fourth-order valence-corrected chi connectivity index (χ4v) is 4.66. The normalized spacial score (nSPS) is 14.9. The van der Waals surface area contributed by atoms with Gasteiger partial charge in [-0.25, -0.2) is 9.18 Å². The highest BCUT2D eigenvalue weighted by Crippen LogP contribution is 2.34. The van der Waals surface area contributed by atoms with Crippen LogP contribution in [-0.4, -0.2) is 65.6 Å². The van der Waals surface area contributed by atoms with Crippen LogP contribution in [0.4, 0.5) is 14.9 Å². The minimum absolute atomic E-state index is 0.110. The minimum atomic E-state index is -0.572. The monoisotopic (exact) mass is 555 g/mol. The molecule has 1 unspecified atom stereocenters. The van der Waals surface area contributed by atoms with Crippen molar-refractivity contribution < 1.29 is 23.5 Å². The van der Waals surface area contributed by atoms with E-state index in [-0.39, 0.29) is 23.8 Å². The summed E-state index contributed by atoms with van der Waals surface area (Å²) in [4.78, 5) is 43.4. The van der Waals surface area contributed by atoms with E-state index in [9.17, 15) is 18.8 Å². The van der Waals surface area contributed by atoms with E-state index in [0.29, 0.717) is 59.0 Å². The van der Waals surface area contributed by atoms with E-state index < -0.39 is 17.5 Å². The van der Waals surface area contributed by atoms with Crippen molar-refractivity contribution in [3.63, 3.8) is 0 Å². The van der Waals surface area contributed by atoms with Gasteiger partial charge in [0.25, 0.3) is 11.8 Å². The summed E-state index contributed by atoms with van der Waals surface area (Å²) in [5.74, 6) is -0.776. The molecule has 1 atom stereocenters. The Kier molecular flexibility index (Phi) is 9.78. The maximum atomic E-state index is 13.8. The molecule has 1 aliphatic rings. The van der Waals surface area contributed by atoms with Crippen LogP contribution >= 0.6 is 0 Å². The molecule has 0 spiro atoms. The van der Waals surface area contributed by atoms with Crippen molar-refractivity contribution in [1.82, 2.24) is 20.5 Å². The highest BCUT2D eigenvalue weighted by Gasteiger charge is 2.27. The predicted molar refractivity (Wildman–Crippen MR) is 156 cm³/mol. The number of halogens is 1. The summed E-state index contributed by atoms with van der Waals surface area (Å²) in [6.07, 6.45) is 1.21. The molecular formula is C30H42FN5O4. The molecule has 3 rings (SSSR count). The quantitative estimate of drug-likeness (QED) is 0.313. The van der Waals surface area contributed by atoms with Crippen LogP contribution < -0.4 is 16.0 Å². The summed E-state index contributed by atoms with van der Waals surface area (Å²) in [5.41, 5.74) is 3.32. The molecule has 0 aliphatic carbocycles. The first-order valence-electron chi connectivity index (χ1n) is 13.7. The maximum Gasteiger partial charge on any atom is 0.407 e. The SMILES string of the molecule is CCN(CCNC(=O)c1c(C)[nH]c(/C=C2\C(=O)Nc3ccc(F)cc32)c1C)CC(NC(=O)OC(C)(C)C)C(C)C. The Balaban J connectivity index is 1.64. The molecule has 4 N–H and O–H groups in total. The fraction of sp³-hybridized carbons (Fsp3) is 0.500. The van der Waals surface area contributed by atoms with E-state index in [4.69, 9.17) is 4.74 Å².